The third-order valence-electron chi connectivity index (χ3n) is 15.5. The molecule has 4 aliphatic rings. The van der Waals surface area contributed by atoms with E-state index in [4.69, 9.17) is 20.2 Å². The standard InChI is InChI=1S/C57H68F2N12O6S/c1-32(34-12-14-35(15-13-34)52-33(2)63-31-78-52)64-54(74)44-24-40(72)29-71(44)55(75)42(57(3,4)5)26-61-46(73)18-22-76-21-8-20-69-19-7-10-39(69)30-77-56-67-49-41(53(68-56)70-27-37-16-17-38(28-70)65-37)25-62-51(48(49)59)50-47-36(23-45(60)66-50)9-6-11-43(47)58/h6,9,11-15,23,25-26,31-32,37-40,42,44,65,72H,7-8,10,16-22,24,27-30H2,1-5H3,(H2,60,66)(H,64,74)/t32-,37?,38?,39-,40+,42?,44-/m0/s1. The van der Waals surface area contributed by atoms with Crippen molar-refractivity contribution in [1.82, 2.24) is 45.4 Å². The molecule has 0 saturated carbocycles. The molecule has 4 aliphatic heterocycles. The summed E-state index contributed by atoms with van der Waals surface area (Å²) < 4.78 is 44.5. The molecule has 3 amide bonds. The van der Waals surface area contributed by atoms with Gasteiger partial charge in [-0.2, -0.15) is 9.97 Å². The van der Waals surface area contributed by atoms with Crippen LogP contribution in [0.5, 0.6) is 6.01 Å². The number of β-amino-alcohol motifs (C(OH)–C–C–N with tert-alkyl or cyclic N) is 1. The fourth-order valence-corrected chi connectivity index (χ4v) is 12.2. The van der Waals surface area contributed by atoms with Crippen LogP contribution in [0.1, 0.15) is 89.9 Å². The van der Waals surface area contributed by atoms with Crippen molar-refractivity contribution >= 4 is 68.6 Å². The fraction of sp³-hybridized carbons (Fsp3) is 0.491. The molecule has 10 rings (SSSR count). The lowest BCUT2D eigenvalue weighted by atomic mass is 9.80. The molecule has 5 N–H and O–H groups in total. The Morgan fingerprint density at radius 3 is 2.54 bits per heavy atom. The first-order valence-corrected chi connectivity index (χ1v) is 27.9. The number of amides is 3. The first kappa shape index (κ1) is 54.7. The Kier molecular flexibility index (Phi) is 16.4. The van der Waals surface area contributed by atoms with Crippen LogP contribution in [0.4, 0.5) is 20.4 Å². The van der Waals surface area contributed by atoms with E-state index in [1.54, 1.807) is 29.5 Å². The van der Waals surface area contributed by atoms with Gasteiger partial charge in [0.05, 0.1) is 52.6 Å². The Balaban J connectivity index is 0.721. The zero-order valence-corrected chi connectivity index (χ0v) is 45.6. The van der Waals surface area contributed by atoms with Crippen LogP contribution in [0.15, 0.2) is 65.2 Å². The summed E-state index contributed by atoms with van der Waals surface area (Å²) in [6.45, 7) is 13.2. The number of thiazole rings is 1. The number of rotatable bonds is 18. The minimum absolute atomic E-state index is 0.00330. The predicted octanol–water partition coefficient (Wildman–Crippen LogP) is 7.21. The van der Waals surface area contributed by atoms with Gasteiger partial charge < -0.3 is 40.7 Å². The smallest absolute Gasteiger partial charge is 0.319 e. The highest BCUT2D eigenvalue weighted by atomic mass is 32.1. The molecule has 2 bridgehead atoms. The van der Waals surface area contributed by atoms with Gasteiger partial charge in [0, 0.05) is 75.1 Å². The second-order valence-corrected chi connectivity index (χ2v) is 23.0. The van der Waals surface area contributed by atoms with Crippen LogP contribution in [0, 0.1) is 29.9 Å². The van der Waals surface area contributed by atoms with Crippen LogP contribution in [-0.2, 0) is 19.1 Å². The number of aliphatic hydroxyl groups excluding tert-OH is 1. The number of nitrogens with two attached hydrogens (primary N) is 1. The van der Waals surface area contributed by atoms with Gasteiger partial charge in [-0.15, -0.1) is 11.3 Å². The normalized spacial score (nSPS) is 21.5. The molecular weight excluding hydrogens is 1020 g/mol. The van der Waals surface area contributed by atoms with E-state index in [1.165, 1.54) is 23.4 Å². The summed E-state index contributed by atoms with van der Waals surface area (Å²) in [4.78, 5) is 74.8. The second kappa shape index (κ2) is 23.4. The van der Waals surface area contributed by atoms with E-state index < -0.39 is 41.0 Å². The Morgan fingerprint density at radius 2 is 1.79 bits per heavy atom. The van der Waals surface area contributed by atoms with E-state index in [0.717, 1.165) is 53.9 Å². The molecule has 412 valence electrons. The van der Waals surface area contributed by atoms with E-state index >= 15 is 8.78 Å². The minimum Gasteiger partial charge on any atom is -0.462 e. The number of pyridine rings is 2. The van der Waals surface area contributed by atoms with Gasteiger partial charge in [-0.05, 0) is 86.6 Å². The number of carbonyl (C=O) groups is 3. The largest absolute Gasteiger partial charge is 0.462 e. The monoisotopic (exact) mass is 1090 g/mol. The number of anilines is 2. The van der Waals surface area contributed by atoms with Gasteiger partial charge in [-0.25, -0.2) is 23.7 Å². The molecule has 0 aliphatic carbocycles. The third-order valence-corrected chi connectivity index (χ3v) is 16.5. The molecule has 0 radical (unpaired) electrons. The Hall–Kier alpha value is -6.65. The summed E-state index contributed by atoms with van der Waals surface area (Å²) in [5.74, 6) is -2.74. The zero-order chi connectivity index (χ0) is 54.8. The number of piperazine rings is 1. The van der Waals surface area contributed by atoms with Gasteiger partial charge in [-0.3, -0.25) is 24.3 Å². The number of aliphatic hydroxyl groups is 1. The lowest BCUT2D eigenvalue weighted by Gasteiger charge is -2.34. The predicted molar refractivity (Wildman–Crippen MR) is 296 cm³/mol. The topological polar surface area (TPSA) is 227 Å². The van der Waals surface area contributed by atoms with Crippen molar-refractivity contribution in [3.63, 3.8) is 0 Å². The molecule has 4 saturated heterocycles. The van der Waals surface area contributed by atoms with Crippen molar-refractivity contribution < 1.29 is 37.7 Å². The Labute approximate surface area is 456 Å². The van der Waals surface area contributed by atoms with Gasteiger partial charge in [0.2, 0.25) is 17.7 Å². The molecule has 78 heavy (non-hydrogen) atoms. The number of halogens is 2. The summed E-state index contributed by atoms with van der Waals surface area (Å²) in [7, 11) is 0. The van der Waals surface area contributed by atoms with E-state index in [0.29, 0.717) is 49.3 Å². The van der Waals surface area contributed by atoms with Gasteiger partial charge in [0.25, 0.3) is 0 Å². The number of likely N-dealkylation sites (tertiary alicyclic amines) is 2. The average Bonchev–Trinajstić information content (AvgIpc) is 4.35. The van der Waals surface area contributed by atoms with Crippen molar-refractivity contribution in [2.45, 2.75) is 116 Å². The molecule has 2 aromatic carbocycles. The molecule has 0 spiro atoms. The number of nitrogen functional groups attached to an aromatic ring is 1. The number of aryl methyl sites for hydroxylation is 1. The third kappa shape index (κ3) is 12.0. The number of nitrogens with one attached hydrogen (secondary N) is 2. The van der Waals surface area contributed by atoms with Crippen LogP contribution in [0.3, 0.4) is 0 Å². The average molecular weight is 1090 g/mol. The number of aliphatic imine (C=N–C) groups is 1. The number of ether oxygens (including phenoxy) is 2. The van der Waals surface area contributed by atoms with Crippen molar-refractivity contribution in [3.05, 3.63) is 83.1 Å². The van der Waals surface area contributed by atoms with Crippen molar-refractivity contribution in [2.75, 3.05) is 63.2 Å². The maximum Gasteiger partial charge on any atom is 0.319 e. The van der Waals surface area contributed by atoms with E-state index in [2.05, 4.69) is 45.4 Å². The molecule has 3 unspecified atom stereocenters. The van der Waals surface area contributed by atoms with Crippen molar-refractivity contribution in [1.29, 1.82) is 0 Å². The van der Waals surface area contributed by atoms with Crippen LogP contribution >= 0.6 is 11.3 Å². The number of hydrogen-bond donors (Lipinski definition) is 4. The lowest BCUT2D eigenvalue weighted by molar-refractivity contribution is -0.142. The minimum atomic E-state index is -0.890. The summed E-state index contributed by atoms with van der Waals surface area (Å²) in [6.07, 6.45) is 6.74. The Morgan fingerprint density at radius 1 is 1.01 bits per heavy atom. The quantitative estimate of drug-likeness (QED) is 0.0493. The number of benzene rings is 2. The van der Waals surface area contributed by atoms with E-state index in [9.17, 15) is 19.5 Å². The van der Waals surface area contributed by atoms with Crippen LogP contribution in [-0.4, -0.2) is 147 Å². The highest BCUT2D eigenvalue weighted by molar-refractivity contribution is 7.13. The second-order valence-electron chi connectivity index (χ2n) is 22.2. The molecule has 8 heterocycles. The molecular formula is C57H68F2N12O6S. The van der Waals surface area contributed by atoms with Crippen LogP contribution in [0.25, 0.3) is 43.5 Å². The van der Waals surface area contributed by atoms with E-state index in [-0.39, 0.29) is 103 Å². The molecule has 21 heteroatoms. The molecule has 4 fully saturated rings. The summed E-state index contributed by atoms with van der Waals surface area (Å²) >= 11 is 1.57. The maximum atomic E-state index is 16.9. The Bertz CT molecular complexity index is 3200. The van der Waals surface area contributed by atoms with Gasteiger partial charge in [0.1, 0.15) is 47.0 Å². The summed E-state index contributed by atoms with van der Waals surface area (Å²) in [5, 5.41) is 18.4. The van der Waals surface area contributed by atoms with Crippen LogP contribution in [0.2, 0.25) is 0 Å². The number of carbonyl (C=O) groups excluding carboxylic acids is 3. The van der Waals surface area contributed by atoms with Gasteiger partial charge in [-0.1, -0.05) is 57.2 Å². The molecule has 6 aromatic rings. The van der Waals surface area contributed by atoms with Crippen molar-refractivity contribution in [2.24, 2.45) is 16.3 Å². The van der Waals surface area contributed by atoms with Crippen molar-refractivity contribution in [3.8, 4) is 27.8 Å². The number of aromatic nitrogens is 5. The number of nitrogens with zero attached hydrogens (tertiary/aromatic N) is 9. The highest BCUT2D eigenvalue weighted by Gasteiger charge is 2.44. The maximum absolute atomic E-state index is 16.9. The number of hydrogen-bond acceptors (Lipinski definition) is 16. The number of fused-ring (bicyclic) bond motifs is 4. The summed E-state index contributed by atoms with van der Waals surface area (Å²) in [6, 6.07) is 13.4. The van der Waals surface area contributed by atoms with Crippen LogP contribution < -0.4 is 26.0 Å². The zero-order valence-electron chi connectivity index (χ0n) is 44.8. The van der Waals surface area contributed by atoms with Gasteiger partial charge >= 0.3 is 6.01 Å². The fourth-order valence-electron chi connectivity index (χ4n) is 11.4. The first-order chi connectivity index (χ1) is 37.5. The van der Waals surface area contributed by atoms with E-state index in [1.807, 2.05) is 64.4 Å². The molecule has 4 aromatic heterocycles. The summed E-state index contributed by atoms with van der Waals surface area (Å²) in [5.41, 5.74) is 10.00. The SMILES string of the molecule is Cc1ncsc1-c1ccc([C@H](C)NC(=O)[C@@H]2C[C@@H](O)CN2C(=O)C(C=NC(=O)CCOCCCN2CCC[C@H]2COc2nc(N3CC4CCC(C3)N4)c3cnc(-c4nc(N)cc5cccc(F)c45)c(F)c3n2)C(C)(C)C)cc1. The molecule has 18 nitrogen and oxygen atoms in total. The lowest BCUT2D eigenvalue weighted by Crippen LogP contribution is -2.51. The first-order valence-electron chi connectivity index (χ1n) is 27.0. The van der Waals surface area contributed by atoms with Gasteiger partial charge in [0.15, 0.2) is 5.82 Å². The molecule has 7 atom stereocenters. The highest BCUT2D eigenvalue weighted by Crippen LogP contribution is 2.38.